The molecule has 1 fully saturated rings. The van der Waals surface area contributed by atoms with E-state index in [4.69, 9.17) is 43.0 Å². The van der Waals surface area contributed by atoms with Crippen LogP contribution in [0.4, 0.5) is 0 Å². The monoisotopic (exact) mass is 554 g/mol. The van der Waals surface area contributed by atoms with E-state index < -0.39 is 47.6 Å². The molecule has 1 heterocycles. The van der Waals surface area contributed by atoms with Crippen molar-refractivity contribution >= 4 is 21.2 Å². The van der Waals surface area contributed by atoms with Crippen LogP contribution in [-0.4, -0.2) is 81.2 Å². The lowest BCUT2D eigenvalue weighted by Crippen LogP contribution is -2.61. The summed E-state index contributed by atoms with van der Waals surface area (Å²) in [6.07, 6.45) is -3.92. The molecule has 0 spiro atoms. The van der Waals surface area contributed by atoms with Crippen LogP contribution >= 0.6 is 0 Å². The summed E-state index contributed by atoms with van der Waals surface area (Å²) in [4.78, 5) is 5.80. The highest BCUT2D eigenvalue weighted by atomic mass is 32.3. The van der Waals surface area contributed by atoms with Crippen LogP contribution in [-0.2, 0) is 21.6 Å². The van der Waals surface area contributed by atoms with Crippen LogP contribution in [0, 0.1) is 0 Å². The third kappa shape index (κ3) is 10.6. The molecule has 1 saturated heterocycles. The van der Waals surface area contributed by atoms with Gasteiger partial charge in [-0.25, -0.2) is 0 Å². The maximum absolute atomic E-state index is 9.20. The van der Waals surface area contributed by atoms with Gasteiger partial charge in [0.25, 0.3) is 0 Å². The standard InChI is InChI=1S/C19H19NO.C6H13NO5.H2O4S/c1-15(14-16-8-3-2-4-9-16)20-21-19-13-7-11-17-10-5-6-12-18(17)19;7-3-5(10)4(9)2(1-8)12-6(3)11;1-5(2,3)4/h2-13,15,20H,14H2,1H3;2-6,8-11H,1,7H2;(H2,1,2,3,4)/t;2-,3-,4-,5-,6?;/m.1./s1. The first-order valence-corrected chi connectivity index (χ1v) is 13.0. The van der Waals surface area contributed by atoms with Crippen molar-refractivity contribution in [1.29, 1.82) is 0 Å². The number of rotatable bonds is 6. The first-order valence-electron chi connectivity index (χ1n) is 11.6. The van der Waals surface area contributed by atoms with E-state index in [0.29, 0.717) is 0 Å². The highest BCUT2D eigenvalue weighted by Gasteiger charge is 2.41. The largest absolute Gasteiger partial charge is 0.408 e. The minimum Gasteiger partial charge on any atom is -0.408 e. The maximum Gasteiger partial charge on any atom is 0.394 e. The molecular formula is C25H34N2O10S. The molecular weight excluding hydrogens is 520 g/mol. The second kappa shape index (κ2) is 15.0. The molecule has 3 aromatic carbocycles. The normalized spacial score (nSPS) is 23.8. The summed E-state index contributed by atoms with van der Waals surface area (Å²) < 4.78 is 36.3. The van der Waals surface area contributed by atoms with Gasteiger partial charge in [-0.1, -0.05) is 66.7 Å². The molecule has 0 aromatic heterocycles. The Morgan fingerprint density at radius 3 is 2.16 bits per heavy atom. The van der Waals surface area contributed by atoms with Crippen molar-refractivity contribution in [2.75, 3.05) is 6.61 Å². The summed E-state index contributed by atoms with van der Waals surface area (Å²) in [5.74, 6) is 0.869. The SMILES string of the molecule is CC(Cc1ccccc1)NOc1cccc2ccccc12.N[C@H]1C(O)O[C@H](CO)[C@@H](O)[C@@H]1O.O=S(=O)(O)O. The number of hydrogen-bond donors (Lipinski definition) is 8. The number of fused-ring (bicyclic) bond motifs is 1. The lowest BCUT2D eigenvalue weighted by molar-refractivity contribution is -0.248. The van der Waals surface area contributed by atoms with Crippen LogP contribution < -0.4 is 16.1 Å². The first kappa shape index (κ1) is 31.5. The number of benzene rings is 3. The Bertz CT molecular complexity index is 1200. The fraction of sp³-hybridized carbons (Fsp3) is 0.360. The molecule has 9 N–H and O–H groups in total. The summed E-state index contributed by atoms with van der Waals surface area (Å²) in [7, 11) is -4.67. The number of nitrogens with two attached hydrogens (primary N) is 1. The molecule has 1 aliphatic rings. The van der Waals surface area contributed by atoms with E-state index in [2.05, 4.69) is 54.9 Å². The molecule has 6 atom stereocenters. The first-order chi connectivity index (χ1) is 17.9. The van der Waals surface area contributed by atoms with Crippen molar-refractivity contribution < 1.29 is 47.5 Å². The van der Waals surface area contributed by atoms with Crippen molar-refractivity contribution in [2.45, 2.75) is 50.0 Å². The smallest absolute Gasteiger partial charge is 0.394 e. The van der Waals surface area contributed by atoms with E-state index in [-0.39, 0.29) is 6.04 Å². The van der Waals surface area contributed by atoms with Gasteiger partial charge in [0.15, 0.2) is 12.0 Å². The van der Waals surface area contributed by atoms with Crippen LogP contribution in [0.15, 0.2) is 72.8 Å². The minimum atomic E-state index is -4.67. The van der Waals surface area contributed by atoms with Gasteiger partial charge in [0.05, 0.1) is 12.6 Å². The molecule has 0 amide bonds. The molecule has 12 nitrogen and oxygen atoms in total. The average molecular weight is 555 g/mol. The van der Waals surface area contributed by atoms with Crippen molar-refractivity contribution in [3.63, 3.8) is 0 Å². The molecule has 0 aliphatic carbocycles. The Morgan fingerprint density at radius 1 is 0.947 bits per heavy atom. The number of hydroxylamine groups is 1. The quantitative estimate of drug-likeness (QED) is 0.154. The van der Waals surface area contributed by atoms with Crippen LogP contribution in [0.2, 0.25) is 0 Å². The lowest BCUT2D eigenvalue weighted by Gasteiger charge is -2.38. The fourth-order valence-electron chi connectivity index (χ4n) is 3.58. The van der Waals surface area contributed by atoms with E-state index in [1.54, 1.807) is 0 Å². The predicted octanol–water partition coefficient (Wildman–Crippen LogP) is 0.447. The summed E-state index contributed by atoms with van der Waals surface area (Å²) in [5.41, 5.74) is 9.71. The second-order valence-electron chi connectivity index (χ2n) is 8.54. The third-order valence-electron chi connectivity index (χ3n) is 5.45. The maximum atomic E-state index is 9.20. The number of aliphatic hydroxyl groups excluding tert-OH is 4. The van der Waals surface area contributed by atoms with Gasteiger partial charge in [0, 0.05) is 11.4 Å². The molecule has 0 saturated carbocycles. The van der Waals surface area contributed by atoms with E-state index >= 15 is 0 Å². The zero-order valence-electron chi connectivity index (χ0n) is 20.6. The highest BCUT2D eigenvalue weighted by molar-refractivity contribution is 7.79. The van der Waals surface area contributed by atoms with Crippen molar-refractivity contribution in [3.8, 4) is 5.75 Å². The molecule has 2 unspecified atom stereocenters. The van der Waals surface area contributed by atoms with Gasteiger partial charge in [0.2, 0.25) is 0 Å². The third-order valence-corrected chi connectivity index (χ3v) is 5.45. The van der Waals surface area contributed by atoms with Gasteiger partial charge in [-0.05, 0) is 30.4 Å². The van der Waals surface area contributed by atoms with Gasteiger partial charge in [-0.15, -0.1) is 0 Å². The Balaban J connectivity index is 0.000000252. The number of ether oxygens (including phenoxy) is 1. The summed E-state index contributed by atoms with van der Waals surface area (Å²) in [6, 6.07) is 24.0. The molecule has 0 radical (unpaired) electrons. The average Bonchev–Trinajstić information content (AvgIpc) is 2.88. The van der Waals surface area contributed by atoms with Gasteiger partial charge < -0.3 is 35.7 Å². The van der Waals surface area contributed by atoms with E-state index in [9.17, 15) is 10.2 Å². The molecule has 210 valence electrons. The molecule has 0 bridgehead atoms. The Morgan fingerprint density at radius 2 is 1.53 bits per heavy atom. The molecule has 1 aliphatic heterocycles. The molecule has 4 rings (SSSR count). The van der Waals surface area contributed by atoms with Crippen LogP contribution in [0.5, 0.6) is 5.75 Å². The van der Waals surface area contributed by atoms with Crippen LogP contribution in [0.1, 0.15) is 12.5 Å². The van der Waals surface area contributed by atoms with E-state index in [0.717, 1.165) is 17.6 Å². The lowest BCUT2D eigenvalue weighted by atomic mass is 9.98. The topological polar surface area (TPSA) is 212 Å². The molecule has 3 aromatic rings. The molecule has 38 heavy (non-hydrogen) atoms. The van der Waals surface area contributed by atoms with Gasteiger partial charge in [0.1, 0.15) is 18.3 Å². The summed E-state index contributed by atoms with van der Waals surface area (Å²) in [6.45, 7) is 1.65. The Labute approximate surface area is 220 Å². The van der Waals surface area contributed by atoms with Crippen LogP contribution in [0.3, 0.4) is 0 Å². The summed E-state index contributed by atoms with van der Waals surface area (Å²) >= 11 is 0. The number of hydrogen-bond acceptors (Lipinski definition) is 10. The minimum absolute atomic E-state index is 0.242. The number of aliphatic hydroxyl groups is 4. The van der Waals surface area contributed by atoms with Gasteiger partial charge in [-0.2, -0.15) is 13.9 Å². The van der Waals surface area contributed by atoms with Crippen LogP contribution in [0.25, 0.3) is 10.8 Å². The zero-order chi connectivity index (χ0) is 28.3. The highest BCUT2D eigenvalue weighted by Crippen LogP contribution is 2.24. The van der Waals surface area contributed by atoms with Gasteiger partial charge in [-0.3, -0.25) is 9.11 Å². The zero-order valence-corrected chi connectivity index (χ0v) is 21.4. The summed E-state index contributed by atoms with van der Waals surface area (Å²) in [5, 5.41) is 38.4. The number of nitrogens with one attached hydrogen (secondary N) is 1. The second-order valence-corrected chi connectivity index (χ2v) is 9.44. The van der Waals surface area contributed by atoms with Crippen molar-refractivity contribution in [2.24, 2.45) is 5.73 Å². The van der Waals surface area contributed by atoms with Gasteiger partial charge >= 0.3 is 10.4 Å². The Kier molecular flexibility index (Phi) is 12.5. The van der Waals surface area contributed by atoms with Crippen molar-refractivity contribution in [1.82, 2.24) is 5.48 Å². The van der Waals surface area contributed by atoms with E-state index in [1.165, 1.54) is 10.9 Å². The Hall–Kier alpha value is -2.69. The molecule has 13 heteroatoms. The predicted molar refractivity (Wildman–Crippen MR) is 139 cm³/mol. The van der Waals surface area contributed by atoms with E-state index in [1.807, 2.05) is 30.3 Å². The van der Waals surface area contributed by atoms with Crippen molar-refractivity contribution in [3.05, 3.63) is 78.4 Å². The fourth-order valence-corrected chi connectivity index (χ4v) is 3.58.